The Labute approximate surface area is 190 Å². The summed E-state index contributed by atoms with van der Waals surface area (Å²) in [6.45, 7) is 0. The molecular weight excluding hydrogens is 446 g/mol. The Balaban J connectivity index is 1.38. The second kappa shape index (κ2) is 8.30. The van der Waals surface area contributed by atoms with Gasteiger partial charge in [0.25, 0.3) is 5.56 Å². The van der Waals surface area contributed by atoms with Crippen LogP contribution in [0.25, 0.3) is 31.4 Å². The fourth-order valence-corrected chi connectivity index (χ4v) is 6.02. The number of thiophene rings is 2. The van der Waals surface area contributed by atoms with Gasteiger partial charge in [-0.25, -0.2) is 4.98 Å². The molecule has 0 aliphatic carbocycles. The van der Waals surface area contributed by atoms with Crippen molar-refractivity contribution in [2.45, 2.75) is 5.16 Å². The third kappa shape index (κ3) is 3.78. The fraction of sp³-hybridized carbons (Fsp3) is 0.0870. The highest BCUT2D eigenvalue weighted by Crippen LogP contribution is 2.34. The van der Waals surface area contributed by atoms with Crippen LogP contribution in [0.2, 0.25) is 0 Å². The number of nitrogens with one attached hydrogen (secondary N) is 1. The number of aromatic nitrogens is 2. The lowest BCUT2D eigenvalue weighted by Crippen LogP contribution is -2.21. The molecule has 0 atom stereocenters. The maximum Gasteiger partial charge on any atom is 0.263 e. The minimum Gasteiger partial charge on any atom is -0.325 e. The van der Waals surface area contributed by atoms with Crippen molar-refractivity contribution in [3.05, 3.63) is 75.7 Å². The van der Waals surface area contributed by atoms with Gasteiger partial charge in [-0.05, 0) is 22.9 Å². The highest BCUT2D eigenvalue weighted by atomic mass is 32.2. The zero-order valence-electron chi connectivity index (χ0n) is 16.5. The summed E-state index contributed by atoms with van der Waals surface area (Å²) in [5, 5.41) is 10.2. The minimum absolute atomic E-state index is 0.0911. The molecule has 0 saturated heterocycles. The Morgan fingerprint density at radius 2 is 1.94 bits per heavy atom. The predicted octanol–water partition coefficient (Wildman–Crippen LogP) is 5.61. The van der Waals surface area contributed by atoms with Crippen molar-refractivity contribution in [2.75, 3.05) is 11.1 Å². The molecule has 2 aromatic carbocycles. The molecule has 1 N–H and O–H groups in total. The van der Waals surface area contributed by atoms with Gasteiger partial charge in [0, 0.05) is 33.9 Å². The van der Waals surface area contributed by atoms with Crippen molar-refractivity contribution in [1.82, 2.24) is 9.55 Å². The van der Waals surface area contributed by atoms with Crippen LogP contribution in [0.15, 0.2) is 75.3 Å². The molecule has 0 radical (unpaired) electrons. The van der Waals surface area contributed by atoms with Gasteiger partial charge in [-0.2, -0.15) is 0 Å². The van der Waals surface area contributed by atoms with Crippen molar-refractivity contribution in [2.24, 2.45) is 7.05 Å². The number of rotatable bonds is 5. The summed E-state index contributed by atoms with van der Waals surface area (Å²) >= 11 is 4.32. The van der Waals surface area contributed by atoms with Crippen LogP contribution in [-0.4, -0.2) is 21.2 Å². The van der Waals surface area contributed by atoms with Crippen molar-refractivity contribution in [1.29, 1.82) is 0 Å². The molecule has 154 valence electrons. The summed E-state index contributed by atoms with van der Waals surface area (Å²) in [5.41, 5.74) is 1.61. The topological polar surface area (TPSA) is 64.0 Å². The zero-order chi connectivity index (χ0) is 21.4. The van der Waals surface area contributed by atoms with Gasteiger partial charge in [0.2, 0.25) is 5.91 Å². The van der Waals surface area contributed by atoms with Gasteiger partial charge in [-0.1, -0.05) is 54.2 Å². The summed E-state index contributed by atoms with van der Waals surface area (Å²) in [6.07, 6.45) is 0. The fourth-order valence-electron chi connectivity index (χ4n) is 3.45. The first-order valence-corrected chi connectivity index (χ1v) is 12.3. The summed E-state index contributed by atoms with van der Waals surface area (Å²) in [4.78, 5) is 32.1. The highest BCUT2D eigenvalue weighted by molar-refractivity contribution is 7.99. The van der Waals surface area contributed by atoms with E-state index in [1.165, 1.54) is 27.7 Å². The smallest absolute Gasteiger partial charge is 0.263 e. The van der Waals surface area contributed by atoms with Crippen LogP contribution in [0, 0.1) is 0 Å². The van der Waals surface area contributed by atoms with E-state index in [0.717, 1.165) is 26.9 Å². The number of fused-ring (bicyclic) bond motifs is 2. The Morgan fingerprint density at radius 1 is 1.10 bits per heavy atom. The monoisotopic (exact) mass is 463 g/mol. The molecule has 0 saturated carbocycles. The quantitative estimate of drug-likeness (QED) is 0.272. The molecule has 8 heteroatoms. The summed E-state index contributed by atoms with van der Waals surface area (Å²) in [7, 11) is 1.70. The SMILES string of the molecule is Cn1c(SCC(=O)Nc2cccc3ccccc23)nc2scc(-c3cccs3)c2c1=O. The standard InChI is InChI=1S/C23H17N3O2S3/c1-26-22(28)20-16(18-10-5-11-29-18)12-30-21(20)25-23(26)31-13-19(27)24-17-9-4-7-14-6-2-3-8-15(14)17/h2-12H,13H2,1H3,(H,24,27). The summed E-state index contributed by atoms with van der Waals surface area (Å²) in [5.74, 6) is 0.0270. The van der Waals surface area contributed by atoms with Gasteiger partial charge in [0.05, 0.1) is 11.1 Å². The number of hydrogen-bond donors (Lipinski definition) is 1. The van der Waals surface area contributed by atoms with Crippen LogP contribution in [0.4, 0.5) is 5.69 Å². The largest absolute Gasteiger partial charge is 0.325 e. The second-order valence-corrected chi connectivity index (χ2v) is 9.68. The van der Waals surface area contributed by atoms with Gasteiger partial charge in [-0.15, -0.1) is 22.7 Å². The lowest BCUT2D eigenvalue weighted by molar-refractivity contribution is -0.113. The number of anilines is 1. The van der Waals surface area contributed by atoms with E-state index in [4.69, 9.17) is 0 Å². The van der Waals surface area contributed by atoms with Crippen LogP contribution >= 0.6 is 34.4 Å². The van der Waals surface area contributed by atoms with Crippen LogP contribution in [0.1, 0.15) is 0 Å². The van der Waals surface area contributed by atoms with Crippen LogP contribution in [0.3, 0.4) is 0 Å². The average molecular weight is 464 g/mol. The number of hydrogen-bond acceptors (Lipinski definition) is 6. The molecule has 0 unspecified atom stereocenters. The first-order valence-electron chi connectivity index (χ1n) is 9.54. The Hall–Kier alpha value is -2.94. The van der Waals surface area contributed by atoms with Crippen molar-refractivity contribution in [3.63, 3.8) is 0 Å². The highest BCUT2D eigenvalue weighted by Gasteiger charge is 2.17. The lowest BCUT2D eigenvalue weighted by Gasteiger charge is -2.10. The molecule has 0 bridgehead atoms. The average Bonchev–Trinajstić information content (AvgIpc) is 3.45. The molecule has 0 aliphatic heterocycles. The third-order valence-corrected chi connectivity index (χ3v) is 7.76. The molecule has 5 aromatic rings. The van der Waals surface area contributed by atoms with E-state index in [9.17, 15) is 9.59 Å². The Morgan fingerprint density at radius 3 is 2.77 bits per heavy atom. The second-order valence-electron chi connectivity index (χ2n) is 6.93. The van der Waals surface area contributed by atoms with Gasteiger partial charge >= 0.3 is 0 Å². The van der Waals surface area contributed by atoms with Gasteiger partial charge < -0.3 is 5.32 Å². The number of carbonyl (C=O) groups excluding carboxylic acids is 1. The zero-order valence-corrected chi connectivity index (χ0v) is 18.9. The van der Waals surface area contributed by atoms with Crippen molar-refractivity contribution >= 4 is 67.0 Å². The minimum atomic E-state index is -0.138. The van der Waals surface area contributed by atoms with E-state index in [0.29, 0.717) is 15.4 Å². The normalized spacial score (nSPS) is 11.3. The summed E-state index contributed by atoms with van der Waals surface area (Å²) in [6, 6.07) is 17.7. The Bertz CT molecular complexity index is 1460. The molecular formula is C23H17N3O2S3. The van der Waals surface area contributed by atoms with Gasteiger partial charge in [0.1, 0.15) is 4.83 Å². The van der Waals surface area contributed by atoms with E-state index in [1.54, 1.807) is 18.4 Å². The molecule has 3 aromatic heterocycles. The molecule has 5 rings (SSSR count). The molecule has 1 amide bonds. The first kappa shape index (κ1) is 20.0. The number of nitrogens with zero attached hydrogens (tertiary/aromatic N) is 2. The number of amides is 1. The number of thioether (sulfide) groups is 1. The maximum atomic E-state index is 13.0. The van der Waals surface area contributed by atoms with E-state index in [2.05, 4.69) is 10.3 Å². The third-order valence-electron chi connectivity index (χ3n) is 4.96. The van der Waals surface area contributed by atoms with E-state index < -0.39 is 0 Å². The van der Waals surface area contributed by atoms with E-state index >= 15 is 0 Å². The molecule has 3 heterocycles. The number of benzene rings is 2. The van der Waals surface area contributed by atoms with E-state index in [1.807, 2.05) is 65.4 Å². The molecule has 31 heavy (non-hydrogen) atoms. The van der Waals surface area contributed by atoms with E-state index in [-0.39, 0.29) is 17.2 Å². The van der Waals surface area contributed by atoms with Crippen LogP contribution in [-0.2, 0) is 11.8 Å². The van der Waals surface area contributed by atoms with Crippen LogP contribution < -0.4 is 10.9 Å². The molecule has 5 nitrogen and oxygen atoms in total. The lowest BCUT2D eigenvalue weighted by atomic mass is 10.1. The number of carbonyl (C=O) groups is 1. The van der Waals surface area contributed by atoms with Crippen LogP contribution in [0.5, 0.6) is 0 Å². The Kier molecular flexibility index (Phi) is 5.35. The van der Waals surface area contributed by atoms with Gasteiger partial charge in [-0.3, -0.25) is 14.2 Å². The maximum absolute atomic E-state index is 13.0. The molecule has 0 fully saturated rings. The van der Waals surface area contributed by atoms with Crippen molar-refractivity contribution in [3.8, 4) is 10.4 Å². The molecule has 0 aliphatic rings. The van der Waals surface area contributed by atoms with Gasteiger partial charge in [0.15, 0.2) is 5.16 Å². The first-order chi connectivity index (χ1) is 15.1. The predicted molar refractivity (Wildman–Crippen MR) is 131 cm³/mol. The molecule has 0 spiro atoms. The summed E-state index contributed by atoms with van der Waals surface area (Å²) < 4.78 is 1.53. The van der Waals surface area contributed by atoms with Crippen molar-refractivity contribution < 1.29 is 4.79 Å².